The third-order valence-electron chi connectivity index (χ3n) is 3.03. The maximum absolute atomic E-state index is 10.2. The van der Waals surface area contributed by atoms with Crippen molar-refractivity contribution in [2.24, 2.45) is 0 Å². The zero-order chi connectivity index (χ0) is 9.69. The minimum atomic E-state index is -1.56. The van der Waals surface area contributed by atoms with E-state index < -0.39 is 9.39 Å². The first-order valence-corrected chi connectivity index (χ1v) is 5.59. The Hall–Kier alpha value is 0.790. The number of piperidine rings is 1. The van der Waals surface area contributed by atoms with E-state index in [0.717, 1.165) is 12.8 Å². The maximum atomic E-state index is 10.2. The SMILES string of the molecule is OC1(C(Cl)(Cl)Cl)C[C@H]2CC[C@@H](C1)N2. The number of rotatable bonds is 0. The maximum Gasteiger partial charge on any atom is 0.218 e. The minimum absolute atomic E-state index is 0.319. The minimum Gasteiger partial charge on any atom is -0.385 e. The molecule has 0 aromatic rings. The van der Waals surface area contributed by atoms with Gasteiger partial charge in [-0.05, 0) is 25.7 Å². The van der Waals surface area contributed by atoms with Gasteiger partial charge in [-0.25, -0.2) is 0 Å². The Labute approximate surface area is 92.5 Å². The highest BCUT2D eigenvalue weighted by Crippen LogP contribution is 2.48. The molecule has 2 saturated heterocycles. The van der Waals surface area contributed by atoms with E-state index in [1.807, 2.05) is 0 Å². The molecule has 0 aromatic heterocycles. The van der Waals surface area contributed by atoms with Gasteiger partial charge in [-0.2, -0.15) is 0 Å². The van der Waals surface area contributed by atoms with Crippen LogP contribution >= 0.6 is 34.8 Å². The van der Waals surface area contributed by atoms with Crippen molar-refractivity contribution in [2.45, 2.75) is 47.2 Å². The number of halogens is 3. The van der Waals surface area contributed by atoms with Gasteiger partial charge >= 0.3 is 0 Å². The lowest BCUT2D eigenvalue weighted by molar-refractivity contribution is -0.00306. The lowest BCUT2D eigenvalue weighted by atomic mass is 9.89. The van der Waals surface area contributed by atoms with E-state index in [-0.39, 0.29) is 0 Å². The van der Waals surface area contributed by atoms with Crippen LogP contribution < -0.4 is 5.32 Å². The first kappa shape index (κ1) is 10.3. The summed E-state index contributed by atoms with van der Waals surface area (Å²) in [5, 5.41) is 13.5. The Morgan fingerprint density at radius 1 is 1.15 bits per heavy atom. The fraction of sp³-hybridized carbons (Fsp3) is 1.00. The summed E-state index contributed by atoms with van der Waals surface area (Å²) in [7, 11) is 0. The van der Waals surface area contributed by atoms with Crippen LogP contribution in [0.5, 0.6) is 0 Å². The van der Waals surface area contributed by atoms with Crippen LogP contribution in [-0.4, -0.2) is 26.6 Å². The largest absolute Gasteiger partial charge is 0.385 e. The van der Waals surface area contributed by atoms with Crippen molar-refractivity contribution >= 4 is 34.8 Å². The average molecular weight is 245 g/mol. The number of nitrogens with one attached hydrogen (secondary N) is 1. The molecule has 2 heterocycles. The second-order valence-electron chi connectivity index (χ2n) is 4.08. The summed E-state index contributed by atoms with van der Waals surface area (Å²) in [6.45, 7) is 0. The molecule has 0 radical (unpaired) electrons. The van der Waals surface area contributed by atoms with Crippen molar-refractivity contribution < 1.29 is 5.11 Å². The summed E-state index contributed by atoms with van der Waals surface area (Å²) in [6.07, 6.45) is 3.24. The van der Waals surface area contributed by atoms with Gasteiger partial charge in [-0.1, -0.05) is 34.8 Å². The van der Waals surface area contributed by atoms with Gasteiger partial charge in [-0.3, -0.25) is 0 Å². The van der Waals surface area contributed by atoms with Gasteiger partial charge in [0.25, 0.3) is 0 Å². The Balaban J connectivity index is 2.17. The quantitative estimate of drug-likeness (QED) is 0.639. The molecule has 0 saturated carbocycles. The monoisotopic (exact) mass is 243 g/mol. The molecule has 2 aliphatic heterocycles. The Morgan fingerprint density at radius 2 is 1.62 bits per heavy atom. The van der Waals surface area contributed by atoms with Crippen LogP contribution in [0, 0.1) is 0 Å². The van der Waals surface area contributed by atoms with Crippen LogP contribution in [0.2, 0.25) is 0 Å². The number of hydrogen-bond acceptors (Lipinski definition) is 2. The van der Waals surface area contributed by atoms with E-state index in [2.05, 4.69) is 5.32 Å². The molecule has 2 rings (SSSR count). The van der Waals surface area contributed by atoms with Crippen LogP contribution in [0.4, 0.5) is 0 Å². The first-order chi connectivity index (χ1) is 5.91. The van der Waals surface area contributed by atoms with Gasteiger partial charge in [0, 0.05) is 12.1 Å². The molecule has 0 aliphatic carbocycles. The number of aliphatic hydroxyl groups is 1. The summed E-state index contributed by atoms with van der Waals surface area (Å²) >= 11 is 17.3. The van der Waals surface area contributed by atoms with Crippen LogP contribution in [0.3, 0.4) is 0 Å². The molecule has 1 unspecified atom stereocenters. The molecular weight excluding hydrogens is 232 g/mol. The van der Waals surface area contributed by atoms with Gasteiger partial charge < -0.3 is 10.4 Å². The van der Waals surface area contributed by atoms with Crippen molar-refractivity contribution in [3.8, 4) is 0 Å². The zero-order valence-corrected chi connectivity index (χ0v) is 9.33. The average Bonchev–Trinajstić information content (AvgIpc) is 2.28. The standard InChI is InChI=1S/C8H12Cl3NO/c9-8(10,11)7(13)3-5-1-2-6(4-7)12-5/h5-6,12-13H,1-4H2/t5-,6+,7?. The van der Waals surface area contributed by atoms with Crippen LogP contribution in [0.15, 0.2) is 0 Å². The van der Waals surface area contributed by atoms with Gasteiger partial charge in [0.2, 0.25) is 3.79 Å². The number of hydrogen-bond donors (Lipinski definition) is 2. The van der Waals surface area contributed by atoms with Gasteiger partial charge in [-0.15, -0.1) is 0 Å². The topological polar surface area (TPSA) is 32.3 Å². The zero-order valence-electron chi connectivity index (χ0n) is 7.06. The van der Waals surface area contributed by atoms with E-state index in [9.17, 15) is 5.11 Å². The van der Waals surface area contributed by atoms with Gasteiger partial charge in [0.15, 0.2) is 0 Å². The number of fused-ring (bicyclic) bond motifs is 2. The van der Waals surface area contributed by atoms with Crippen LogP contribution in [-0.2, 0) is 0 Å². The molecule has 3 atom stereocenters. The second kappa shape index (κ2) is 3.14. The molecule has 0 amide bonds. The summed E-state index contributed by atoms with van der Waals surface area (Å²) in [5.74, 6) is 0. The van der Waals surface area contributed by atoms with Gasteiger partial charge in [0.05, 0.1) is 0 Å². The predicted octanol–water partition coefficient (Wildman–Crippen LogP) is 2.00. The van der Waals surface area contributed by atoms with E-state index in [4.69, 9.17) is 34.8 Å². The lowest BCUT2D eigenvalue weighted by Gasteiger charge is -2.41. The molecule has 5 heteroatoms. The lowest BCUT2D eigenvalue weighted by Crippen LogP contribution is -2.55. The Morgan fingerprint density at radius 3 is 2.00 bits per heavy atom. The van der Waals surface area contributed by atoms with E-state index in [1.165, 1.54) is 0 Å². The fourth-order valence-corrected chi connectivity index (χ4v) is 2.82. The Bertz CT molecular complexity index is 204. The molecule has 2 bridgehead atoms. The highest BCUT2D eigenvalue weighted by molar-refractivity contribution is 6.68. The second-order valence-corrected chi connectivity index (χ2v) is 6.36. The van der Waals surface area contributed by atoms with Gasteiger partial charge in [0.1, 0.15) is 5.60 Å². The molecule has 0 aromatic carbocycles. The van der Waals surface area contributed by atoms with E-state index in [0.29, 0.717) is 24.9 Å². The normalized spacial score (nSPS) is 45.2. The van der Waals surface area contributed by atoms with Crippen molar-refractivity contribution in [1.29, 1.82) is 0 Å². The number of alkyl halides is 3. The summed E-state index contributed by atoms with van der Waals surface area (Å²) < 4.78 is -1.56. The molecule has 2 fully saturated rings. The van der Waals surface area contributed by atoms with E-state index in [1.54, 1.807) is 0 Å². The Kier molecular flexibility index (Phi) is 2.49. The van der Waals surface area contributed by atoms with Crippen LogP contribution in [0.25, 0.3) is 0 Å². The van der Waals surface area contributed by atoms with Crippen molar-refractivity contribution in [2.75, 3.05) is 0 Å². The van der Waals surface area contributed by atoms with Crippen molar-refractivity contribution in [3.05, 3.63) is 0 Å². The molecule has 76 valence electrons. The highest BCUT2D eigenvalue weighted by Gasteiger charge is 2.53. The molecule has 13 heavy (non-hydrogen) atoms. The summed E-state index contributed by atoms with van der Waals surface area (Å²) in [4.78, 5) is 0. The van der Waals surface area contributed by atoms with Crippen molar-refractivity contribution in [3.63, 3.8) is 0 Å². The third kappa shape index (κ3) is 1.80. The molecule has 2 nitrogen and oxygen atoms in total. The van der Waals surface area contributed by atoms with E-state index >= 15 is 0 Å². The van der Waals surface area contributed by atoms with Crippen molar-refractivity contribution in [1.82, 2.24) is 5.32 Å². The predicted molar refractivity (Wildman–Crippen MR) is 54.4 cm³/mol. The fourth-order valence-electron chi connectivity index (χ4n) is 2.35. The summed E-state index contributed by atoms with van der Waals surface area (Å²) in [6, 6.07) is 0.638. The highest BCUT2D eigenvalue weighted by atomic mass is 35.6. The van der Waals surface area contributed by atoms with Crippen LogP contribution in [0.1, 0.15) is 25.7 Å². The molecule has 2 N–H and O–H groups in total. The smallest absolute Gasteiger partial charge is 0.218 e. The first-order valence-electron chi connectivity index (χ1n) is 4.46. The third-order valence-corrected chi connectivity index (χ3v) is 4.09. The molecule has 0 spiro atoms. The summed E-state index contributed by atoms with van der Waals surface area (Å²) in [5.41, 5.74) is -1.14. The molecular formula is C8H12Cl3NO. The molecule has 2 aliphatic rings.